The molecule has 1 aromatic heterocycles. The molecular formula is C57H38N2. The molecule has 2 nitrogen and oxygen atoms in total. The van der Waals surface area contributed by atoms with Gasteiger partial charge in [-0.15, -0.1) is 0 Å². The number of hydrogen-bond acceptors (Lipinski definition) is 1. The van der Waals surface area contributed by atoms with E-state index in [2.05, 4.69) is 228 Å². The van der Waals surface area contributed by atoms with Crippen molar-refractivity contribution in [2.75, 3.05) is 4.90 Å². The van der Waals surface area contributed by atoms with E-state index in [0.717, 1.165) is 23.5 Å². The summed E-state index contributed by atoms with van der Waals surface area (Å²) < 4.78 is 2.37. The van der Waals surface area contributed by atoms with E-state index in [1.165, 1.54) is 93.5 Å². The van der Waals surface area contributed by atoms with Crippen molar-refractivity contribution < 1.29 is 0 Å². The largest absolute Gasteiger partial charge is 0.310 e. The second-order valence-corrected chi connectivity index (χ2v) is 15.7. The Hall–Kier alpha value is -7.68. The minimum atomic E-state index is 0.948. The van der Waals surface area contributed by atoms with Gasteiger partial charge < -0.3 is 9.47 Å². The monoisotopic (exact) mass is 750 g/mol. The van der Waals surface area contributed by atoms with Crippen LogP contribution in [0.2, 0.25) is 0 Å². The van der Waals surface area contributed by atoms with Gasteiger partial charge in [-0.05, 0) is 145 Å². The summed E-state index contributed by atoms with van der Waals surface area (Å²) in [5.41, 5.74) is 17.3. The highest BCUT2D eigenvalue weighted by atomic mass is 15.1. The third-order valence-electron chi connectivity index (χ3n) is 12.4. The van der Waals surface area contributed by atoms with E-state index >= 15 is 0 Å². The lowest BCUT2D eigenvalue weighted by atomic mass is 9.93. The summed E-state index contributed by atoms with van der Waals surface area (Å²) in [5, 5.41) is 7.61. The van der Waals surface area contributed by atoms with Gasteiger partial charge in [-0.25, -0.2) is 0 Å². The first-order valence-electron chi connectivity index (χ1n) is 20.5. The summed E-state index contributed by atoms with van der Waals surface area (Å²) in [6, 6.07) is 80.2. The number of aromatic nitrogens is 1. The van der Waals surface area contributed by atoms with E-state index < -0.39 is 0 Å². The number of para-hydroxylation sites is 2. The van der Waals surface area contributed by atoms with Crippen LogP contribution in [0.4, 0.5) is 17.1 Å². The van der Waals surface area contributed by atoms with Crippen LogP contribution in [0.15, 0.2) is 218 Å². The van der Waals surface area contributed by atoms with E-state index in [4.69, 9.17) is 0 Å². The van der Waals surface area contributed by atoms with Gasteiger partial charge in [-0.1, -0.05) is 146 Å². The zero-order valence-electron chi connectivity index (χ0n) is 32.4. The van der Waals surface area contributed by atoms with Crippen LogP contribution in [0.5, 0.6) is 0 Å². The maximum absolute atomic E-state index is 2.41. The molecule has 0 aliphatic heterocycles. The topological polar surface area (TPSA) is 8.17 Å². The Kier molecular flexibility index (Phi) is 7.64. The summed E-state index contributed by atoms with van der Waals surface area (Å²) in [6.07, 6.45) is 0.948. The predicted octanol–water partition coefficient (Wildman–Crippen LogP) is 15.5. The maximum atomic E-state index is 2.41. The first kappa shape index (κ1) is 33.5. The van der Waals surface area contributed by atoms with Crippen molar-refractivity contribution >= 4 is 60.4 Å². The molecule has 0 radical (unpaired) electrons. The van der Waals surface area contributed by atoms with Crippen LogP contribution in [0.25, 0.3) is 82.4 Å². The number of hydrogen-bond donors (Lipinski definition) is 0. The first-order chi connectivity index (χ1) is 29.2. The Bertz CT molecular complexity index is 3390. The highest BCUT2D eigenvalue weighted by molar-refractivity contribution is 6.14. The van der Waals surface area contributed by atoms with Gasteiger partial charge in [0.25, 0.3) is 0 Å². The molecule has 0 amide bonds. The number of anilines is 3. The summed E-state index contributed by atoms with van der Waals surface area (Å²) in [4.78, 5) is 2.41. The standard InChI is InChI=1S/C57H38N2/c1-2-14-44(15-3-1)59-56-21-11-10-20-53(56)55-36-40(26-33-57(55)59)38-22-27-45(28-23-38)58(47-31-32-50-43(35-47)34-41-12-4-6-16-48(41)50)46-29-24-39(25-30-46)54-37-42-13-5-7-17-49(42)51-18-8-9-19-52(51)54/h1-33,35-37H,34H2. The van der Waals surface area contributed by atoms with Gasteiger partial charge >= 0.3 is 0 Å². The van der Waals surface area contributed by atoms with Gasteiger partial charge in [0.2, 0.25) is 0 Å². The fraction of sp³-hybridized carbons (Fsp3) is 0.0175. The Morgan fingerprint density at radius 1 is 0.322 bits per heavy atom. The molecule has 0 atom stereocenters. The van der Waals surface area contributed by atoms with E-state index in [1.54, 1.807) is 0 Å². The van der Waals surface area contributed by atoms with Crippen LogP contribution in [0.1, 0.15) is 11.1 Å². The summed E-state index contributed by atoms with van der Waals surface area (Å²) in [5.74, 6) is 0. The van der Waals surface area contributed by atoms with Crippen molar-refractivity contribution in [3.63, 3.8) is 0 Å². The molecule has 1 aliphatic rings. The van der Waals surface area contributed by atoms with Gasteiger partial charge in [0.1, 0.15) is 0 Å². The van der Waals surface area contributed by atoms with Crippen molar-refractivity contribution in [3.8, 4) is 39.1 Å². The van der Waals surface area contributed by atoms with Crippen LogP contribution in [0.3, 0.4) is 0 Å². The van der Waals surface area contributed by atoms with Crippen molar-refractivity contribution in [2.24, 2.45) is 0 Å². The Labute approximate surface area is 343 Å². The third-order valence-corrected chi connectivity index (χ3v) is 12.4. The number of benzene rings is 10. The Morgan fingerprint density at radius 3 is 1.73 bits per heavy atom. The summed E-state index contributed by atoms with van der Waals surface area (Å²) >= 11 is 0. The average Bonchev–Trinajstić information content (AvgIpc) is 3.85. The van der Waals surface area contributed by atoms with Crippen LogP contribution in [0, 0.1) is 0 Å². The third kappa shape index (κ3) is 5.49. The SMILES string of the molecule is c1ccc(-n2c3ccccc3c3cc(-c4ccc(N(c5ccc(-c6cc7ccccc7c7ccccc67)cc5)c5ccc6c(c5)Cc5ccccc5-6)cc4)ccc32)cc1. The van der Waals surface area contributed by atoms with E-state index in [-0.39, 0.29) is 0 Å². The van der Waals surface area contributed by atoms with Crippen molar-refractivity contribution in [1.82, 2.24) is 4.57 Å². The van der Waals surface area contributed by atoms with Crippen LogP contribution in [-0.2, 0) is 6.42 Å². The predicted molar refractivity (Wildman–Crippen MR) is 250 cm³/mol. The zero-order chi connectivity index (χ0) is 38.9. The zero-order valence-corrected chi connectivity index (χ0v) is 32.4. The lowest BCUT2D eigenvalue weighted by molar-refractivity contribution is 1.18. The fourth-order valence-electron chi connectivity index (χ4n) is 9.61. The lowest BCUT2D eigenvalue weighted by Crippen LogP contribution is -2.10. The Balaban J connectivity index is 0.955. The highest BCUT2D eigenvalue weighted by Gasteiger charge is 2.21. The molecule has 0 N–H and O–H groups in total. The molecule has 0 saturated carbocycles. The molecular weight excluding hydrogens is 713 g/mol. The lowest BCUT2D eigenvalue weighted by Gasteiger charge is -2.26. The quantitative estimate of drug-likeness (QED) is 0.154. The molecule has 59 heavy (non-hydrogen) atoms. The number of rotatable bonds is 6. The first-order valence-corrected chi connectivity index (χ1v) is 20.5. The van der Waals surface area contributed by atoms with Crippen LogP contribution >= 0.6 is 0 Å². The van der Waals surface area contributed by atoms with E-state index in [9.17, 15) is 0 Å². The molecule has 2 heteroatoms. The van der Waals surface area contributed by atoms with Gasteiger partial charge in [-0.2, -0.15) is 0 Å². The number of fused-ring (bicyclic) bond motifs is 9. The smallest absolute Gasteiger partial charge is 0.0541 e. The Morgan fingerprint density at radius 2 is 0.915 bits per heavy atom. The molecule has 0 unspecified atom stereocenters. The van der Waals surface area contributed by atoms with Crippen LogP contribution < -0.4 is 4.90 Å². The van der Waals surface area contributed by atoms with Crippen molar-refractivity contribution in [1.29, 1.82) is 0 Å². The van der Waals surface area contributed by atoms with E-state index in [0.29, 0.717) is 0 Å². The molecule has 0 saturated heterocycles. The average molecular weight is 751 g/mol. The van der Waals surface area contributed by atoms with Crippen LogP contribution in [-0.4, -0.2) is 4.57 Å². The van der Waals surface area contributed by atoms with Crippen molar-refractivity contribution in [2.45, 2.75) is 6.42 Å². The summed E-state index contributed by atoms with van der Waals surface area (Å²) in [7, 11) is 0. The fourth-order valence-corrected chi connectivity index (χ4v) is 9.61. The molecule has 0 spiro atoms. The highest BCUT2D eigenvalue weighted by Crippen LogP contribution is 2.44. The second-order valence-electron chi connectivity index (χ2n) is 15.7. The van der Waals surface area contributed by atoms with Crippen molar-refractivity contribution in [3.05, 3.63) is 230 Å². The molecule has 276 valence electrons. The molecule has 1 aliphatic carbocycles. The van der Waals surface area contributed by atoms with Gasteiger partial charge in [-0.3, -0.25) is 0 Å². The molecule has 0 fully saturated rings. The van der Waals surface area contributed by atoms with Gasteiger partial charge in [0.15, 0.2) is 0 Å². The van der Waals surface area contributed by atoms with Gasteiger partial charge in [0, 0.05) is 33.5 Å². The second kappa shape index (κ2) is 13.5. The number of nitrogens with zero attached hydrogens (tertiary/aromatic N) is 2. The maximum Gasteiger partial charge on any atom is 0.0541 e. The van der Waals surface area contributed by atoms with E-state index in [1.807, 2.05) is 0 Å². The molecule has 11 aromatic rings. The normalized spacial score (nSPS) is 12.0. The minimum absolute atomic E-state index is 0.948. The molecule has 0 bridgehead atoms. The molecule has 10 aromatic carbocycles. The molecule has 12 rings (SSSR count). The summed E-state index contributed by atoms with van der Waals surface area (Å²) in [6.45, 7) is 0. The molecule has 1 heterocycles. The van der Waals surface area contributed by atoms with Gasteiger partial charge in [0.05, 0.1) is 11.0 Å². The minimum Gasteiger partial charge on any atom is -0.310 e.